The standard InChI is InChI=1S/C26H30FN3/c1-2-3-18-14-23-15-21(10-13-30(23)17-18)24-16-29-26(20-4-6-22(27)7-5-20)25(24)19-8-11-28-12-9-19/h4-9,11-12,16,18,21,23,29H,2-3,10,13-15,17H2,1H3/t18-,21?,23+/m0/s1. The molecule has 2 aliphatic heterocycles. The molecule has 156 valence electrons. The third-order valence-corrected chi connectivity index (χ3v) is 7.09. The second-order valence-electron chi connectivity index (χ2n) is 9.00. The molecular weight excluding hydrogens is 373 g/mol. The van der Waals surface area contributed by atoms with Crippen molar-refractivity contribution < 1.29 is 4.39 Å². The Morgan fingerprint density at radius 2 is 1.87 bits per heavy atom. The SMILES string of the molecule is CCC[C@H]1C[C@@H]2CC(c3c[nH]c(-c4ccc(F)cc4)c3-c3ccncc3)CCN2C1. The Bertz CT molecular complexity index is 979. The van der Waals surface area contributed by atoms with E-state index in [1.165, 1.54) is 74.0 Å². The summed E-state index contributed by atoms with van der Waals surface area (Å²) in [4.78, 5) is 10.5. The molecule has 4 heteroatoms. The van der Waals surface area contributed by atoms with E-state index in [0.717, 1.165) is 23.2 Å². The number of hydrogen-bond donors (Lipinski definition) is 1. The number of benzene rings is 1. The minimum absolute atomic E-state index is 0.203. The fourth-order valence-corrected chi connectivity index (χ4v) is 5.71. The first kappa shape index (κ1) is 19.5. The van der Waals surface area contributed by atoms with Crippen LogP contribution in [0, 0.1) is 11.7 Å². The lowest BCUT2D eigenvalue weighted by Crippen LogP contribution is -2.37. The molecule has 1 aromatic carbocycles. The van der Waals surface area contributed by atoms with Crippen molar-refractivity contribution in [2.75, 3.05) is 13.1 Å². The number of hydrogen-bond acceptors (Lipinski definition) is 2. The second-order valence-corrected chi connectivity index (χ2v) is 9.00. The van der Waals surface area contributed by atoms with Gasteiger partial charge in [0.1, 0.15) is 5.82 Å². The Kier molecular flexibility index (Phi) is 5.43. The van der Waals surface area contributed by atoms with E-state index in [4.69, 9.17) is 0 Å². The van der Waals surface area contributed by atoms with Gasteiger partial charge in [0.05, 0.1) is 5.69 Å². The third kappa shape index (κ3) is 3.69. The lowest BCUT2D eigenvalue weighted by atomic mass is 9.82. The molecule has 0 amide bonds. The zero-order chi connectivity index (χ0) is 20.5. The first-order valence-electron chi connectivity index (χ1n) is 11.3. The second kappa shape index (κ2) is 8.35. The minimum atomic E-state index is -0.203. The zero-order valence-electron chi connectivity index (χ0n) is 17.7. The molecule has 3 aromatic rings. The van der Waals surface area contributed by atoms with Crippen LogP contribution < -0.4 is 0 Å². The van der Waals surface area contributed by atoms with E-state index in [0.29, 0.717) is 5.92 Å². The minimum Gasteiger partial charge on any atom is -0.360 e. The number of aromatic nitrogens is 2. The van der Waals surface area contributed by atoms with E-state index in [9.17, 15) is 4.39 Å². The highest BCUT2D eigenvalue weighted by Gasteiger charge is 2.37. The molecule has 3 atom stereocenters. The normalized spacial score (nSPS) is 24.1. The Hall–Kier alpha value is -2.46. The molecule has 30 heavy (non-hydrogen) atoms. The number of nitrogens with zero attached hydrogens (tertiary/aromatic N) is 2. The van der Waals surface area contributed by atoms with Crippen LogP contribution in [0.2, 0.25) is 0 Å². The van der Waals surface area contributed by atoms with Crippen molar-refractivity contribution in [3.63, 3.8) is 0 Å². The van der Waals surface area contributed by atoms with E-state index in [1.54, 1.807) is 0 Å². The molecule has 5 rings (SSSR count). The third-order valence-electron chi connectivity index (χ3n) is 7.09. The van der Waals surface area contributed by atoms with E-state index < -0.39 is 0 Å². The summed E-state index contributed by atoms with van der Waals surface area (Å²) in [7, 11) is 0. The van der Waals surface area contributed by atoms with E-state index in [1.807, 2.05) is 24.5 Å². The molecule has 4 heterocycles. The van der Waals surface area contributed by atoms with Crippen LogP contribution in [-0.4, -0.2) is 34.0 Å². The van der Waals surface area contributed by atoms with Gasteiger partial charge in [0, 0.05) is 36.7 Å². The van der Waals surface area contributed by atoms with Crippen LogP contribution in [0.25, 0.3) is 22.4 Å². The van der Waals surface area contributed by atoms with Crippen molar-refractivity contribution in [2.24, 2.45) is 5.92 Å². The molecule has 1 unspecified atom stereocenters. The highest BCUT2D eigenvalue weighted by atomic mass is 19.1. The maximum Gasteiger partial charge on any atom is 0.123 e. The van der Waals surface area contributed by atoms with Gasteiger partial charge >= 0.3 is 0 Å². The van der Waals surface area contributed by atoms with Crippen LogP contribution in [0.5, 0.6) is 0 Å². The highest BCUT2D eigenvalue weighted by Crippen LogP contribution is 2.44. The van der Waals surface area contributed by atoms with Gasteiger partial charge in [0.2, 0.25) is 0 Å². The molecule has 0 spiro atoms. The van der Waals surface area contributed by atoms with Crippen molar-refractivity contribution >= 4 is 0 Å². The van der Waals surface area contributed by atoms with Crippen LogP contribution in [0.15, 0.2) is 55.0 Å². The molecule has 2 aliphatic rings. The maximum atomic E-state index is 13.5. The summed E-state index contributed by atoms with van der Waals surface area (Å²) in [6.45, 7) is 4.79. The molecule has 0 radical (unpaired) electrons. The number of nitrogens with one attached hydrogen (secondary N) is 1. The highest BCUT2D eigenvalue weighted by molar-refractivity contribution is 5.84. The zero-order valence-corrected chi connectivity index (χ0v) is 17.7. The lowest BCUT2D eigenvalue weighted by Gasteiger charge is -2.35. The molecule has 2 saturated heterocycles. The van der Waals surface area contributed by atoms with Gasteiger partial charge in [-0.15, -0.1) is 0 Å². The molecule has 0 aliphatic carbocycles. The lowest BCUT2D eigenvalue weighted by molar-refractivity contribution is 0.179. The van der Waals surface area contributed by atoms with Crippen LogP contribution >= 0.6 is 0 Å². The average Bonchev–Trinajstić information content (AvgIpc) is 3.38. The molecule has 1 N–H and O–H groups in total. The van der Waals surface area contributed by atoms with Gasteiger partial charge in [-0.1, -0.05) is 13.3 Å². The van der Waals surface area contributed by atoms with Gasteiger partial charge in [-0.3, -0.25) is 4.98 Å². The number of fused-ring (bicyclic) bond motifs is 1. The first-order chi connectivity index (χ1) is 14.7. The van der Waals surface area contributed by atoms with Crippen molar-refractivity contribution in [1.82, 2.24) is 14.9 Å². The van der Waals surface area contributed by atoms with Crippen LogP contribution in [0.3, 0.4) is 0 Å². The number of pyridine rings is 1. The van der Waals surface area contributed by atoms with Gasteiger partial charge in [-0.2, -0.15) is 0 Å². The predicted molar refractivity (Wildman–Crippen MR) is 120 cm³/mol. The number of H-pyrrole nitrogens is 1. The van der Waals surface area contributed by atoms with Gasteiger partial charge in [0.15, 0.2) is 0 Å². The molecular formula is C26H30FN3. The topological polar surface area (TPSA) is 31.9 Å². The fourth-order valence-electron chi connectivity index (χ4n) is 5.71. The summed E-state index contributed by atoms with van der Waals surface area (Å²) in [5.74, 6) is 1.23. The first-order valence-corrected chi connectivity index (χ1v) is 11.3. The van der Waals surface area contributed by atoms with Gasteiger partial charge < -0.3 is 9.88 Å². The Morgan fingerprint density at radius 1 is 1.07 bits per heavy atom. The summed E-state index contributed by atoms with van der Waals surface area (Å²) < 4.78 is 13.5. The van der Waals surface area contributed by atoms with Crippen molar-refractivity contribution in [1.29, 1.82) is 0 Å². The predicted octanol–water partition coefficient (Wildman–Crippen LogP) is 6.25. The van der Waals surface area contributed by atoms with E-state index in [-0.39, 0.29) is 5.82 Å². The molecule has 0 bridgehead atoms. The number of aromatic amines is 1. The van der Waals surface area contributed by atoms with Gasteiger partial charge in [0.25, 0.3) is 0 Å². The molecule has 2 fully saturated rings. The summed E-state index contributed by atoms with van der Waals surface area (Å²) in [6.07, 6.45) is 12.4. The van der Waals surface area contributed by atoms with E-state index >= 15 is 0 Å². The number of piperidine rings is 1. The smallest absolute Gasteiger partial charge is 0.123 e. The van der Waals surface area contributed by atoms with Crippen LogP contribution in [0.1, 0.15) is 50.5 Å². The number of rotatable bonds is 5. The fraction of sp³-hybridized carbons (Fsp3) is 0.423. The van der Waals surface area contributed by atoms with Crippen molar-refractivity contribution in [2.45, 2.75) is 51.0 Å². The Labute approximate surface area is 178 Å². The largest absolute Gasteiger partial charge is 0.360 e. The summed E-state index contributed by atoms with van der Waals surface area (Å²) in [5.41, 5.74) is 5.94. The van der Waals surface area contributed by atoms with Gasteiger partial charge in [-0.05, 0) is 97.2 Å². The molecule has 2 aromatic heterocycles. The summed E-state index contributed by atoms with van der Waals surface area (Å²) >= 11 is 0. The van der Waals surface area contributed by atoms with Crippen LogP contribution in [-0.2, 0) is 0 Å². The van der Waals surface area contributed by atoms with Crippen LogP contribution in [0.4, 0.5) is 4.39 Å². The van der Waals surface area contributed by atoms with Gasteiger partial charge in [-0.25, -0.2) is 4.39 Å². The average molecular weight is 404 g/mol. The van der Waals surface area contributed by atoms with Crippen molar-refractivity contribution in [3.8, 4) is 22.4 Å². The van der Waals surface area contributed by atoms with E-state index in [2.05, 4.69) is 40.1 Å². The summed E-state index contributed by atoms with van der Waals surface area (Å²) in [6, 6.07) is 11.7. The summed E-state index contributed by atoms with van der Waals surface area (Å²) in [5, 5.41) is 0. The van der Waals surface area contributed by atoms with Crippen molar-refractivity contribution in [3.05, 3.63) is 66.4 Å². The molecule has 0 saturated carbocycles. The monoisotopic (exact) mass is 403 g/mol. The maximum absolute atomic E-state index is 13.5. The Balaban J connectivity index is 1.49. The molecule has 3 nitrogen and oxygen atoms in total. The Morgan fingerprint density at radius 3 is 2.63 bits per heavy atom. The number of halogens is 1. The quantitative estimate of drug-likeness (QED) is 0.546.